The van der Waals surface area contributed by atoms with Gasteiger partial charge in [-0.25, -0.2) is 0 Å². The lowest BCUT2D eigenvalue weighted by atomic mass is 10.1. The van der Waals surface area contributed by atoms with E-state index in [9.17, 15) is 4.79 Å². The van der Waals surface area contributed by atoms with Crippen LogP contribution in [0.5, 0.6) is 0 Å². The Kier molecular flexibility index (Phi) is 6.29. The van der Waals surface area contributed by atoms with Crippen LogP contribution in [0.25, 0.3) is 0 Å². The van der Waals surface area contributed by atoms with Gasteiger partial charge in [-0.15, -0.1) is 10.2 Å². The molecule has 0 bridgehead atoms. The molecule has 1 aromatic heterocycles. The van der Waals surface area contributed by atoms with Gasteiger partial charge in [-0.05, 0) is 37.5 Å². The van der Waals surface area contributed by atoms with Crippen molar-refractivity contribution in [1.29, 1.82) is 0 Å². The van der Waals surface area contributed by atoms with Gasteiger partial charge >= 0.3 is 0 Å². The van der Waals surface area contributed by atoms with E-state index in [1.807, 2.05) is 50.2 Å². The van der Waals surface area contributed by atoms with Gasteiger partial charge in [0, 0.05) is 19.1 Å². The summed E-state index contributed by atoms with van der Waals surface area (Å²) >= 11 is 0. The summed E-state index contributed by atoms with van der Waals surface area (Å²) in [6.07, 6.45) is 0. The van der Waals surface area contributed by atoms with Crippen molar-refractivity contribution in [2.24, 2.45) is 5.92 Å². The van der Waals surface area contributed by atoms with Crippen molar-refractivity contribution in [1.82, 2.24) is 15.1 Å². The van der Waals surface area contributed by atoms with E-state index in [4.69, 9.17) is 0 Å². The van der Waals surface area contributed by atoms with Gasteiger partial charge in [0.15, 0.2) is 5.69 Å². The fourth-order valence-electron chi connectivity index (χ4n) is 2.27. The summed E-state index contributed by atoms with van der Waals surface area (Å²) in [5.41, 5.74) is 1.47. The number of rotatable bonds is 7. The summed E-state index contributed by atoms with van der Waals surface area (Å²) in [4.78, 5) is 14.6. The van der Waals surface area contributed by atoms with E-state index in [-0.39, 0.29) is 11.9 Å². The molecule has 5 nitrogen and oxygen atoms in total. The summed E-state index contributed by atoms with van der Waals surface area (Å²) in [7, 11) is 0. The fraction of sp³-hybridized carbons (Fsp3) is 0.421. The highest BCUT2D eigenvalue weighted by molar-refractivity contribution is 5.92. The third-order valence-electron chi connectivity index (χ3n) is 3.66. The molecule has 1 amide bonds. The Morgan fingerprint density at radius 3 is 2.29 bits per heavy atom. The van der Waals surface area contributed by atoms with Crippen LogP contribution < -0.4 is 5.32 Å². The molecule has 2 aromatic rings. The first-order chi connectivity index (χ1) is 11.5. The van der Waals surface area contributed by atoms with Crippen LogP contribution in [-0.4, -0.2) is 33.6 Å². The lowest BCUT2D eigenvalue weighted by Crippen LogP contribution is -2.37. The molecule has 5 heteroatoms. The number of nitrogens with zero attached hydrogens (tertiary/aromatic N) is 3. The molecule has 0 aliphatic rings. The van der Waals surface area contributed by atoms with Gasteiger partial charge in [0.05, 0.1) is 0 Å². The molecule has 1 aromatic carbocycles. The molecule has 0 spiro atoms. The highest BCUT2D eigenvalue weighted by Crippen LogP contribution is 2.13. The van der Waals surface area contributed by atoms with Crippen LogP contribution in [-0.2, 0) is 6.54 Å². The van der Waals surface area contributed by atoms with Gasteiger partial charge in [0.2, 0.25) is 0 Å². The molecular weight excluding hydrogens is 300 g/mol. The van der Waals surface area contributed by atoms with Crippen molar-refractivity contribution in [2.75, 3.05) is 11.9 Å². The zero-order valence-corrected chi connectivity index (χ0v) is 14.9. The maximum Gasteiger partial charge on any atom is 0.274 e. The molecule has 1 N–H and O–H groups in total. The zero-order valence-electron chi connectivity index (χ0n) is 14.9. The van der Waals surface area contributed by atoms with Gasteiger partial charge in [0.25, 0.3) is 5.91 Å². The highest BCUT2D eigenvalue weighted by atomic mass is 16.2. The molecule has 1 heterocycles. The average molecular weight is 326 g/mol. The Bertz CT molecular complexity index is 638. The zero-order chi connectivity index (χ0) is 17.5. The van der Waals surface area contributed by atoms with E-state index in [1.165, 1.54) is 0 Å². The smallest absolute Gasteiger partial charge is 0.274 e. The van der Waals surface area contributed by atoms with Crippen molar-refractivity contribution >= 4 is 11.7 Å². The molecule has 2 rings (SSSR count). The SMILES string of the molecule is CC(C)CNc1ccc(C(=O)N(Cc2ccccc2)C(C)C)nn1. The molecule has 0 atom stereocenters. The second kappa shape index (κ2) is 8.43. The molecule has 128 valence electrons. The molecule has 24 heavy (non-hydrogen) atoms. The predicted octanol–water partition coefficient (Wildman–Crippen LogP) is 3.60. The highest BCUT2D eigenvalue weighted by Gasteiger charge is 2.20. The van der Waals surface area contributed by atoms with Crippen molar-refractivity contribution in [3.8, 4) is 0 Å². The van der Waals surface area contributed by atoms with Crippen LogP contribution in [0.3, 0.4) is 0 Å². The Balaban J connectivity index is 2.09. The van der Waals surface area contributed by atoms with Gasteiger partial charge in [0.1, 0.15) is 5.82 Å². The molecule has 0 saturated heterocycles. The Hall–Kier alpha value is -2.43. The van der Waals surface area contributed by atoms with Crippen LogP contribution in [0, 0.1) is 5.92 Å². The van der Waals surface area contributed by atoms with Crippen molar-refractivity contribution < 1.29 is 4.79 Å². The standard InChI is InChI=1S/C19H26N4O/c1-14(2)12-20-18-11-10-17(21-22-18)19(24)23(15(3)4)13-16-8-6-5-7-9-16/h5-11,14-15H,12-13H2,1-4H3,(H,20,22). The minimum absolute atomic E-state index is 0.0817. The Morgan fingerprint density at radius 2 is 1.75 bits per heavy atom. The third kappa shape index (κ3) is 5.05. The van der Waals surface area contributed by atoms with Crippen LogP contribution in [0.4, 0.5) is 5.82 Å². The first kappa shape index (κ1) is 17.9. The van der Waals surface area contributed by atoms with E-state index in [0.29, 0.717) is 24.0 Å². The van der Waals surface area contributed by atoms with Crippen molar-refractivity contribution in [2.45, 2.75) is 40.3 Å². The van der Waals surface area contributed by atoms with Crippen molar-refractivity contribution in [3.05, 3.63) is 53.7 Å². The molecule has 0 saturated carbocycles. The lowest BCUT2D eigenvalue weighted by molar-refractivity contribution is 0.0683. The molecule has 0 aliphatic heterocycles. The number of nitrogens with one attached hydrogen (secondary N) is 1. The average Bonchev–Trinajstić information content (AvgIpc) is 2.58. The molecular formula is C19H26N4O. The van der Waals surface area contributed by atoms with Gasteiger partial charge < -0.3 is 10.2 Å². The van der Waals surface area contributed by atoms with E-state index >= 15 is 0 Å². The van der Waals surface area contributed by atoms with Crippen LogP contribution >= 0.6 is 0 Å². The molecule has 0 radical (unpaired) electrons. The van der Waals surface area contributed by atoms with Crippen LogP contribution in [0.1, 0.15) is 43.7 Å². The Labute approximate surface area is 144 Å². The molecule has 0 unspecified atom stereocenters. The van der Waals surface area contributed by atoms with E-state index in [1.54, 1.807) is 11.0 Å². The summed E-state index contributed by atoms with van der Waals surface area (Å²) < 4.78 is 0. The maximum atomic E-state index is 12.8. The van der Waals surface area contributed by atoms with Crippen LogP contribution in [0.2, 0.25) is 0 Å². The topological polar surface area (TPSA) is 58.1 Å². The van der Waals surface area contributed by atoms with E-state index < -0.39 is 0 Å². The summed E-state index contributed by atoms with van der Waals surface area (Å²) in [6, 6.07) is 13.6. The second-order valence-electron chi connectivity index (χ2n) is 6.59. The van der Waals surface area contributed by atoms with Gasteiger partial charge in [-0.2, -0.15) is 0 Å². The summed E-state index contributed by atoms with van der Waals surface area (Å²) in [5, 5.41) is 11.4. The first-order valence-corrected chi connectivity index (χ1v) is 8.40. The lowest BCUT2D eigenvalue weighted by Gasteiger charge is -2.26. The van der Waals surface area contributed by atoms with Gasteiger partial charge in [-0.1, -0.05) is 44.2 Å². The van der Waals surface area contributed by atoms with Gasteiger partial charge in [-0.3, -0.25) is 4.79 Å². The summed E-state index contributed by atoms with van der Waals surface area (Å²) in [6.45, 7) is 9.66. The van der Waals surface area contributed by atoms with Crippen molar-refractivity contribution in [3.63, 3.8) is 0 Å². The quantitative estimate of drug-likeness (QED) is 0.844. The number of aromatic nitrogens is 2. The monoisotopic (exact) mass is 326 g/mol. The largest absolute Gasteiger partial charge is 0.368 e. The minimum atomic E-state index is -0.100. The van der Waals surface area contributed by atoms with E-state index in [0.717, 1.165) is 12.1 Å². The maximum absolute atomic E-state index is 12.8. The molecule has 0 aliphatic carbocycles. The number of hydrogen-bond acceptors (Lipinski definition) is 4. The number of carbonyl (C=O) groups excluding carboxylic acids is 1. The predicted molar refractivity (Wildman–Crippen MR) is 96.8 cm³/mol. The van der Waals surface area contributed by atoms with Crippen LogP contribution in [0.15, 0.2) is 42.5 Å². The fourth-order valence-corrected chi connectivity index (χ4v) is 2.27. The molecule has 0 fully saturated rings. The number of anilines is 1. The number of hydrogen-bond donors (Lipinski definition) is 1. The number of amides is 1. The normalized spacial score (nSPS) is 10.9. The number of carbonyl (C=O) groups is 1. The first-order valence-electron chi connectivity index (χ1n) is 8.40. The third-order valence-corrected chi connectivity index (χ3v) is 3.66. The summed E-state index contributed by atoms with van der Waals surface area (Å²) in [5.74, 6) is 1.12. The Morgan fingerprint density at radius 1 is 1.04 bits per heavy atom. The minimum Gasteiger partial charge on any atom is -0.368 e. The second-order valence-corrected chi connectivity index (χ2v) is 6.59. The van der Waals surface area contributed by atoms with E-state index in [2.05, 4.69) is 29.4 Å². The number of benzene rings is 1.